The van der Waals surface area contributed by atoms with Crippen LogP contribution in [0.2, 0.25) is 5.15 Å². The van der Waals surface area contributed by atoms with Gasteiger partial charge in [0.05, 0.1) is 19.3 Å². The number of rotatable bonds is 8. The van der Waals surface area contributed by atoms with Gasteiger partial charge in [0.25, 0.3) is 0 Å². The minimum absolute atomic E-state index is 0.0193. The predicted molar refractivity (Wildman–Crippen MR) is 127 cm³/mol. The van der Waals surface area contributed by atoms with Gasteiger partial charge in [-0.25, -0.2) is 9.78 Å². The van der Waals surface area contributed by atoms with Gasteiger partial charge < -0.3 is 15.0 Å². The summed E-state index contributed by atoms with van der Waals surface area (Å²) in [5.74, 6) is 0.467. The van der Waals surface area contributed by atoms with E-state index in [1.54, 1.807) is 60.1 Å². The summed E-state index contributed by atoms with van der Waals surface area (Å²) < 4.78 is 84.6. The van der Waals surface area contributed by atoms with Crippen LogP contribution in [0, 0.1) is 0 Å². The van der Waals surface area contributed by atoms with Crippen molar-refractivity contribution in [1.29, 1.82) is 0 Å². The number of halogens is 7. The van der Waals surface area contributed by atoms with Crippen LogP contribution in [0.25, 0.3) is 16.8 Å². The molecule has 0 aliphatic heterocycles. The molecule has 0 saturated carbocycles. The molecule has 0 bridgehead atoms. The van der Waals surface area contributed by atoms with Gasteiger partial charge in [0.1, 0.15) is 11.2 Å². The molecule has 202 valence electrons. The Hall–Kier alpha value is -3.15. The van der Waals surface area contributed by atoms with E-state index in [0.717, 1.165) is 4.90 Å². The molecule has 1 aromatic carbocycles. The number of aromatic nitrogens is 2. The smallest absolute Gasteiger partial charge is 0.408 e. The third kappa shape index (κ3) is 6.79. The molecule has 1 unspecified atom stereocenters. The van der Waals surface area contributed by atoms with E-state index in [9.17, 15) is 31.1 Å². The number of fused-ring (bicyclic) bond motifs is 1. The number of nitrogens with zero attached hydrogens (tertiary/aromatic N) is 3. The van der Waals surface area contributed by atoms with Gasteiger partial charge >= 0.3 is 18.4 Å². The molecule has 0 saturated heterocycles. The molecule has 0 aliphatic carbocycles. The Morgan fingerprint density at radius 1 is 1.19 bits per heavy atom. The lowest BCUT2D eigenvalue weighted by atomic mass is 10.00. The maximum absolute atomic E-state index is 13.3. The molecule has 2 heterocycles. The summed E-state index contributed by atoms with van der Waals surface area (Å²) >= 11 is 6.21. The number of methoxy groups -OCH3 is 1. The van der Waals surface area contributed by atoms with Crippen LogP contribution in [0.5, 0.6) is 5.75 Å². The predicted octanol–water partition coefficient (Wildman–Crippen LogP) is 7.03. The molecule has 0 radical (unpaired) electrons. The molecule has 0 fully saturated rings. The van der Waals surface area contributed by atoms with E-state index < -0.39 is 43.3 Å². The van der Waals surface area contributed by atoms with Crippen molar-refractivity contribution in [2.24, 2.45) is 0 Å². The van der Waals surface area contributed by atoms with Crippen LogP contribution < -0.4 is 10.1 Å². The van der Waals surface area contributed by atoms with Crippen LogP contribution in [0.3, 0.4) is 0 Å². The SMILES string of the molecule is CCN(C(=O)NC(CCC(F)(F)F)C(F)(F)F)[C@H](C)c1cccc(-c2cc(OC)c3ncc(Cl)n3c2)c1. The second kappa shape index (κ2) is 11.1. The molecule has 1 N–H and O–H groups in total. The van der Waals surface area contributed by atoms with Crippen LogP contribution in [0.4, 0.5) is 31.1 Å². The van der Waals surface area contributed by atoms with Gasteiger partial charge in [0.15, 0.2) is 11.4 Å². The fourth-order valence-electron chi connectivity index (χ4n) is 3.94. The van der Waals surface area contributed by atoms with E-state index in [2.05, 4.69) is 4.98 Å². The van der Waals surface area contributed by atoms with Crippen molar-refractivity contribution in [2.45, 2.75) is 51.1 Å². The average Bonchev–Trinajstić information content (AvgIpc) is 3.21. The Morgan fingerprint density at radius 3 is 2.49 bits per heavy atom. The van der Waals surface area contributed by atoms with Crippen LogP contribution >= 0.6 is 11.6 Å². The summed E-state index contributed by atoms with van der Waals surface area (Å²) in [5.41, 5.74) is 2.53. The van der Waals surface area contributed by atoms with E-state index >= 15 is 0 Å². The fourth-order valence-corrected chi connectivity index (χ4v) is 4.12. The minimum Gasteiger partial charge on any atom is -0.493 e. The first-order valence-electron chi connectivity index (χ1n) is 11.3. The highest BCUT2D eigenvalue weighted by atomic mass is 35.5. The van der Waals surface area contributed by atoms with Crippen molar-refractivity contribution in [3.8, 4) is 16.9 Å². The zero-order valence-electron chi connectivity index (χ0n) is 20.1. The molecule has 37 heavy (non-hydrogen) atoms. The van der Waals surface area contributed by atoms with Crippen LogP contribution in [-0.2, 0) is 0 Å². The minimum atomic E-state index is -5.03. The molecule has 0 spiro atoms. The molecule has 2 atom stereocenters. The molecule has 3 rings (SSSR count). The summed E-state index contributed by atoms with van der Waals surface area (Å²) in [7, 11) is 1.49. The number of benzene rings is 1. The Bertz CT molecular complexity index is 1240. The number of hydrogen-bond donors (Lipinski definition) is 1. The van der Waals surface area contributed by atoms with E-state index in [-0.39, 0.29) is 6.54 Å². The highest BCUT2D eigenvalue weighted by Crippen LogP contribution is 2.33. The largest absolute Gasteiger partial charge is 0.493 e. The lowest BCUT2D eigenvalue weighted by molar-refractivity contribution is -0.171. The lowest BCUT2D eigenvalue weighted by Gasteiger charge is -2.31. The van der Waals surface area contributed by atoms with Gasteiger partial charge in [-0.1, -0.05) is 29.8 Å². The zero-order chi connectivity index (χ0) is 27.5. The fraction of sp³-hybridized carbons (Fsp3) is 0.417. The van der Waals surface area contributed by atoms with Crippen molar-refractivity contribution in [3.63, 3.8) is 0 Å². The first-order chi connectivity index (χ1) is 17.2. The topological polar surface area (TPSA) is 58.9 Å². The number of amides is 2. The number of carbonyl (C=O) groups is 1. The molecule has 3 aromatic rings. The summed E-state index contributed by atoms with van der Waals surface area (Å²) in [6.45, 7) is 3.21. The number of pyridine rings is 1. The van der Waals surface area contributed by atoms with Crippen LogP contribution in [-0.4, -0.2) is 52.4 Å². The van der Waals surface area contributed by atoms with Crippen molar-refractivity contribution in [1.82, 2.24) is 19.6 Å². The first-order valence-corrected chi connectivity index (χ1v) is 11.6. The van der Waals surface area contributed by atoms with Gasteiger partial charge in [-0.2, -0.15) is 26.3 Å². The number of alkyl halides is 6. The second-order valence-corrected chi connectivity index (χ2v) is 8.74. The second-order valence-electron chi connectivity index (χ2n) is 8.36. The number of carbonyl (C=O) groups excluding carboxylic acids is 1. The van der Waals surface area contributed by atoms with Crippen molar-refractivity contribution in [3.05, 3.63) is 53.4 Å². The van der Waals surface area contributed by atoms with Gasteiger partial charge in [0, 0.05) is 24.7 Å². The molecule has 2 amide bonds. The molecule has 6 nitrogen and oxygen atoms in total. The van der Waals surface area contributed by atoms with Crippen molar-refractivity contribution >= 4 is 23.3 Å². The molecular formula is C24H25ClF6N4O2. The Morgan fingerprint density at radius 2 is 1.89 bits per heavy atom. The summed E-state index contributed by atoms with van der Waals surface area (Å²) in [6.07, 6.45) is -9.57. The quantitative estimate of drug-likeness (QED) is 0.306. The van der Waals surface area contributed by atoms with Gasteiger partial charge in [-0.15, -0.1) is 0 Å². The Balaban J connectivity index is 1.86. The lowest BCUT2D eigenvalue weighted by Crippen LogP contribution is -2.51. The van der Waals surface area contributed by atoms with Gasteiger partial charge in [0.2, 0.25) is 0 Å². The summed E-state index contributed by atoms with van der Waals surface area (Å²) in [6, 6.07) is 4.30. The number of imidazole rings is 1. The molecule has 2 aromatic heterocycles. The normalized spacial score (nSPS) is 13.9. The average molecular weight is 551 g/mol. The van der Waals surface area contributed by atoms with Gasteiger partial charge in [-0.05, 0) is 43.5 Å². The number of ether oxygens (including phenoxy) is 1. The van der Waals surface area contributed by atoms with Gasteiger partial charge in [-0.3, -0.25) is 4.40 Å². The number of nitrogens with one attached hydrogen (secondary N) is 1. The number of urea groups is 1. The summed E-state index contributed by atoms with van der Waals surface area (Å²) in [5, 5.41) is 2.10. The zero-order valence-corrected chi connectivity index (χ0v) is 20.9. The van der Waals surface area contributed by atoms with Crippen LogP contribution in [0.15, 0.2) is 42.7 Å². The number of hydrogen-bond acceptors (Lipinski definition) is 3. The molecule has 13 heteroatoms. The molecular weight excluding hydrogens is 526 g/mol. The highest BCUT2D eigenvalue weighted by molar-refractivity contribution is 6.29. The van der Waals surface area contributed by atoms with Crippen LogP contribution in [0.1, 0.15) is 38.3 Å². The maximum Gasteiger partial charge on any atom is 0.408 e. The molecule has 0 aliphatic rings. The maximum atomic E-state index is 13.3. The Labute approximate surface area is 214 Å². The standard InChI is InChI=1S/C24H25ClF6N4O2/c1-4-34(22(36)33-19(24(29,30)31)8-9-23(26,27)28)14(2)15-6-5-7-16(10-15)17-11-18(37-3)21-32-12-20(25)35(21)13-17/h5-7,10-14,19H,4,8-9H2,1-3H3,(H,33,36)/t14-,19?/m1/s1. The van der Waals surface area contributed by atoms with E-state index in [1.165, 1.54) is 13.3 Å². The van der Waals surface area contributed by atoms with Crippen molar-refractivity contribution in [2.75, 3.05) is 13.7 Å². The third-order valence-electron chi connectivity index (χ3n) is 5.93. The van der Waals surface area contributed by atoms with E-state index in [1.807, 2.05) is 0 Å². The van der Waals surface area contributed by atoms with E-state index in [0.29, 0.717) is 33.2 Å². The Kier molecular flexibility index (Phi) is 8.51. The van der Waals surface area contributed by atoms with E-state index in [4.69, 9.17) is 16.3 Å². The monoisotopic (exact) mass is 550 g/mol. The highest BCUT2D eigenvalue weighted by Gasteiger charge is 2.43. The van der Waals surface area contributed by atoms with Crippen molar-refractivity contribution < 1.29 is 35.9 Å². The third-order valence-corrected chi connectivity index (χ3v) is 6.21. The summed E-state index contributed by atoms with van der Waals surface area (Å²) in [4.78, 5) is 18.1. The first kappa shape index (κ1) is 28.4.